The molecule has 2 rings (SSSR count). The first-order valence-corrected chi connectivity index (χ1v) is 16.2. The molecule has 0 aliphatic carbocycles. The first-order valence-electron chi connectivity index (χ1n) is 12.5. The highest BCUT2D eigenvalue weighted by molar-refractivity contribution is 6.36. The molecular weight excluding hydrogens is 476 g/mol. The van der Waals surface area contributed by atoms with Crippen molar-refractivity contribution in [1.29, 1.82) is 0 Å². The van der Waals surface area contributed by atoms with Gasteiger partial charge in [0.25, 0.3) is 0 Å². The van der Waals surface area contributed by atoms with Crippen molar-refractivity contribution >= 4 is 19.0 Å². The Labute approximate surface area is 216 Å². The maximum Gasteiger partial charge on any atom is 0.134 e. The smallest absolute Gasteiger partial charge is 0.134 e. The van der Waals surface area contributed by atoms with Crippen molar-refractivity contribution in [3.8, 4) is 11.5 Å². The van der Waals surface area contributed by atoms with Gasteiger partial charge >= 0.3 is 0 Å². The van der Waals surface area contributed by atoms with Crippen LogP contribution in [0, 0.1) is 0 Å². The summed E-state index contributed by atoms with van der Waals surface area (Å²) in [6.45, 7) is 5.94. The molecule has 2 aromatic rings. The zero-order valence-electron chi connectivity index (χ0n) is 22.4. The molecule has 0 amide bonds. The maximum absolute atomic E-state index is 5.94. The minimum atomic E-state index is -0.387. The minimum Gasteiger partial charge on any atom is -0.494 e. The topological polar surface area (TPSA) is 55.4 Å². The predicted octanol–water partition coefficient (Wildman–Crippen LogP) is 3.88. The summed E-state index contributed by atoms with van der Waals surface area (Å²) in [5, 5.41) is 0. The molecule has 196 valence electrons. The highest BCUT2D eigenvalue weighted by atomic mass is 28.2. The number of hydrogen-bond acceptors (Lipinski definition) is 6. The van der Waals surface area contributed by atoms with Gasteiger partial charge in [0, 0.05) is 33.9 Å². The van der Waals surface area contributed by atoms with Crippen LogP contribution in [0.15, 0.2) is 48.5 Å². The van der Waals surface area contributed by atoms with Crippen LogP contribution < -0.4 is 9.47 Å². The summed E-state index contributed by atoms with van der Waals surface area (Å²) in [4.78, 5) is 0. The highest BCUT2D eigenvalue weighted by Gasteiger charge is 2.23. The van der Waals surface area contributed by atoms with Gasteiger partial charge in [-0.1, -0.05) is 50.2 Å². The quantitative estimate of drug-likeness (QED) is 0.169. The largest absolute Gasteiger partial charge is 0.494 e. The summed E-state index contributed by atoms with van der Waals surface area (Å²) in [7, 11) is 6.04. The van der Waals surface area contributed by atoms with Gasteiger partial charge in [0.05, 0.1) is 32.3 Å². The molecule has 0 spiro atoms. The van der Waals surface area contributed by atoms with Crippen LogP contribution in [0.1, 0.15) is 37.8 Å². The Morgan fingerprint density at radius 3 is 1.26 bits per heavy atom. The molecule has 0 saturated carbocycles. The number of ether oxygens (including phenoxy) is 6. The molecule has 0 bridgehead atoms. The summed E-state index contributed by atoms with van der Waals surface area (Å²) < 4.78 is 33.0. The monoisotopic (exact) mass is 520 g/mol. The van der Waals surface area contributed by atoms with Gasteiger partial charge in [-0.3, -0.25) is 0 Å². The Kier molecular flexibility index (Phi) is 13.6. The molecule has 0 radical (unpaired) electrons. The molecule has 0 N–H and O–H groups in total. The van der Waals surface area contributed by atoms with Crippen LogP contribution in [0.4, 0.5) is 0 Å². The second-order valence-electron chi connectivity index (χ2n) is 9.16. The van der Waals surface area contributed by atoms with Crippen LogP contribution in [-0.2, 0) is 24.4 Å². The van der Waals surface area contributed by atoms with E-state index in [1.165, 1.54) is 11.1 Å². The molecule has 0 unspecified atom stereocenters. The van der Waals surface area contributed by atoms with E-state index in [1.54, 1.807) is 28.4 Å². The third-order valence-corrected chi connectivity index (χ3v) is 10.5. The van der Waals surface area contributed by atoms with E-state index in [2.05, 4.69) is 62.4 Å². The molecule has 0 saturated heterocycles. The molecular formula is C27H44O6Si2. The molecule has 0 aromatic heterocycles. The average Bonchev–Trinajstić information content (AvgIpc) is 2.89. The van der Waals surface area contributed by atoms with E-state index in [0.29, 0.717) is 0 Å². The first-order chi connectivity index (χ1) is 16.9. The van der Waals surface area contributed by atoms with Crippen LogP contribution in [0.2, 0.25) is 12.1 Å². The Hall–Kier alpha value is -1.69. The van der Waals surface area contributed by atoms with Crippen molar-refractivity contribution in [2.45, 2.75) is 56.0 Å². The van der Waals surface area contributed by atoms with Crippen molar-refractivity contribution in [2.24, 2.45) is 0 Å². The van der Waals surface area contributed by atoms with Crippen LogP contribution in [0.25, 0.3) is 0 Å². The Balaban J connectivity index is 1.79. The zero-order valence-corrected chi connectivity index (χ0v) is 25.2. The molecule has 0 atom stereocenters. The fourth-order valence-electron chi connectivity index (χ4n) is 3.97. The normalized spacial score (nSPS) is 12.6. The fraction of sp³-hybridized carbons (Fsp3) is 0.556. The summed E-state index contributed by atoms with van der Waals surface area (Å²) in [5.74, 6) is 1.84. The SMILES string of the molecule is COC(OC)[SiH2]CCCOc1ccc(C(C)(C)c2ccc(OCCC[SiH2]C(OC)OC)cc2)cc1. The zero-order chi connectivity index (χ0) is 25.5. The van der Waals surface area contributed by atoms with Crippen LogP contribution in [-0.4, -0.2) is 72.5 Å². The fourth-order valence-corrected chi connectivity index (χ4v) is 6.57. The van der Waals surface area contributed by atoms with Gasteiger partial charge in [0.15, 0.2) is 0 Å². The van der Waals surface area contributed by atoms with Crippen LogP contribution in [0.3, 0.4) is 0 Å². The maximum atomic E-state index is 5.94. The van der Waals surface area contributed by atoms with E-state index in [0.717, 1.165) is 49.6 Å². The van der Waals surface area contributed by atoms with Crippen molar-refractivity contribution in [2.75, 3.05) is 41.7 Å². The minimum absolute atomic E-state index is 0.00828. The van der Waals surface area contributed by atoms with Crippen LogP contribution in [0.5, 0.6) is 11.5 Å². The number of hydrogen-bond donors (Lipinski definition) is 0. The standard InChI is InChI=1S/C27H44O6Si2/c1-27(2,21-9-13-23(14-10-21)32-17-7-19-34-25(28-3)29-4)22-11-15-24(16-12-22)33-18-8-20-35-26(30-5)31-6/h9-16,25-26H,7-8,17-20,34-35H2,1-6H3. The van der Waals surface area contributed by atoms with E-state index in [-0.39, 0.29) is 36.3 Å². The van der Waals surface area contributed by atoms with E-state index in [1.807, 2.05) is 0 Å². The number of rotatable bonds is 18. The molecule has 2 aromatic carbocycles. The van der Waals surface area contributed by atoms with Crippen molar-refractivity contribution < 1.29 is 28.4 Å². The number of benzene rings is 2. The van der Waals surface area contributed by atoms with E-state index in [4.69, 9.17) is 28.4 Å². The van der Waals surface area contributed by atoms with E-state index in [9.17, 15) is 0 Å². The van der Waals surface area contributed by atoms with Gasteiger partial charge in [0.1, 0.15) is 23.3 Å². The Bertz CT molecular complexity index is 738. The lowest BCUT2D eigenvalue weighted by Crippen LogP contribution is -2.21. The summed E-state index contributed by atoms with van der Waals surface area (Å²) >= 11 is 0. The highest BCUT2D eigenvalue weighted by Crippen LogP contribution is 2.33. The number of methoxy groups -OCH3 is 4. The Morgan fingerprint density at radius 2 is 0.943 bits per heavy atom. The molecule has 0 aliphatic rings. The first kappa shape index (κ1) is 29.5. The van der Waals surface area contributed by atoms with Gasteiger partial charge in [-0.15, -0.1) is 0 Å². The van der Waals surface area contributed by atoms with E-state index < -0.39 is 0 Å². The second kappa shape index (κ2) is 16.1. The van der Waals surface area contributed by atoms with Crippen molar-refractivity contribution in [3.05, 3.63) is 59.7 Å². The molecule has 0 fully saturated rings. The molecule has 35 heavy (non-hydrogen) atoms. The van der Waals surface area contributed by atoms with Gasteiger partial charge < -0.3 is 28.4 Å². The third kappa shape index (κ3) is 10.1. The van der Waals surface area contributed by atoms with Gasteiger partial charge in [0.2, 0.25) is 0 Å². The second-order valence-corrected chi connectivity index (χ2v) is 13.1. The lowest BCUT2D eigenvalue weighted by molar-refractivity contribution is -0.0443. The molecule has 0 heterocycles. The van der Waals surface area contributed by atoms with Crippen molar-refractivity contribution in [3.63, 3.8) is 0 Å². The van der Waals surface area contributed by atoms with E-state index >= 15 is 0 Å². The summed E-state index contributed by atoms with van der Waals surface area (Å²) in [6.07, 6.45) is 2.06. The lowest BCUT2D eigenvalue weighted by atomic mass is 9.78. The third-order valence-electron chi connectivity index (χ3n) is 6.41. The summed E-state index contributed by atoms with van der Waals surface area (Å²) in [6, 6.07) is 19.2. The van der Waals surface area contributed by atoms with Gasteiger partial charge in [-0.05, 0) is 48.2 Å². The molecule has 6 nitrogen and oxygen atoms in total. The predicted molar refractivity (Wildman–Crippen MR) is 148 cm³/mol. The van der Waals surface area contributed by atoms with Gasteiger partial charge in [-0.2, -0.15) is 0 Å². The van der Waals surface area contributed by atoms with Crippen molar-refractivity contribution in [1.82, 2.24) is 0 Å². The molecule has 0 aliphatic heterocycles. The lowest BCUT2D eigenvalue weighted by Gasteiger charge is -2.26. The summed E-state index contributed by atoms with van der Waals surface area (Å²) in [5.41, 5.74) is 2.40. The average molecular weight is 521 g/mol. The van der Waals surface area contributed by atoms with Crippen LogP contribution >= 0.6 is 0 Å². The van der Waals surface area contributed by atoms with Gasteiger partial charge in [-0.25, -0.2) is 0 Å². The molecule has 8 heteroatoms. The Morgan fingerprint density at radius 1 is 0.600 bits per heavy atom.